The predicted octanol–water partition coefficient (Wildman–Crippen LogP) is 7.02. The van der Waals surface area contributed by atoms with E-state index in [1.165, 1.54) is 18.2 Å². The van der Waals surface area contributed by atoms with Gasteiger partial charge in [-0.05, 0) is 59.9 Å². The van der Waals surface area contributed by atoms with Crippen LogP contribution < -0.4 is 10.1 Å². The molecular formula is C26H23F3N2O. The van der Waals surface area contributed by atoms with Gasteiger partial charge in [0.05, 0.1) is 0 Å². The minimum absolute atomic E-state index is 0.0939. The smallest absolute Gasteiger partial charge is 0.224 e. The topological polar surface area (TPSA) is 33.6 Å². The number of anilines is 1. The van der Waals surface area contributed by atoms with E-state index >= 15 is 4.39 Å². The molecule has 6 heteroatoms. The molecule has 32 heavy (non-hydrogen) atoms. The second-order valence-electron chi connectivity index (χ2n) is 8.08. The highest BCUT2D eigenvalue weighted by atomic mass is 19.1. The summed E-state index contributed by atoms with van der Waals surface area (Å²) in [5.74, 6) is -1.42. The molecule has 0 radical (unpaired) electrons. The third-order valence-corrected chi connectivity index (χ3v) is 5.22. The first kappa shape index (κ1) is 21.7. The Kier molecular flexibility index (Phi) is 6.04. The number of ether oxygens (including phenoxy) is 1. The number of rotatable bonds is 6. The maximum atomic E-state index is 15.0. The van der Waals surface area contributed by atoms with Gasteiger partial charge in [0.1, 0.15) is 17.3 Å². The first-order valence-electron chi connectivity index (χ1n) is 10.4. The Bertz CT molecular complexity index is 1230. The molecule has 3 aromatic rings. The molecule has 0 unspecified atom stereocenters. The molecule has 0 aliphatic carbocycles. The summed E-state index contributed by atoms with van der Waals surface area (Å²) in [5, 5.41) is 2.84. The van der Waals surface area contributed by atoms with Crippen molar-refractivity contribution >= 4 is 11.6 Å². The molecular weight excluding hydrogens is 413 g/mol. The van der Waals surface area contributed by atoms with E-state index in [-0.39, 0.29) is 29.7 Å². The van der Waals surface area contributed by atoms with Crippen LogP contribution in [0.2, 0.25) is 0 Å². The minimum Gasteiger partial charge on any atom is -0.436 e. The first-order chi connectivity index (χ1) is 15.3. The largest absolute Gasteiger partial charge is 0.436 e. The Morgan fingerprint density at radius 1 is 0.969 bits per heavy atom. The molecule has 0 atom stereocenters. The maximum absolute atomic E-state index is 15.0. The fraction of sp³-hybridized carbons (Fsp3) is 0.192. The lowest BCUT2D eigenvalue weighted by atomic mass is 10.00. The third-order valence-electron chi connectivity index (χ3n) is 5.22. The molecule has 3 aromatic carbocycles. The van der Waals surface area contributed by atoms with Crippen molar-refractivity contribution in [1.82, 2.24) is 0 Å². The molecule has 1 aliphatic rings. The molecule has 0 saturated carbocycles. The van der Waals surface area contributed by atoms with Crippen molar-refractivity contribution in [3.63, 3.8) is 0 Å². The zero-order valence-corrected chi connectivity index (χ0v) is 18.0. The Morgan fingerprint density at radius 2 is 1.78 bits per heavy atom. The number of nitrogens with zero attached hydrogens (tertiary/aromatic N) is 1. The van der Waals surface area contributed by atoms with Crippen LogP contribution in [-0.2, 0) is 6.54 Å². The highest BCUT2D eigenvalue weighted by molar-refractivity contribution is 6.00. The average Bonchev–Trinajstić information content (AvgIpc) is 2.71. The molecule has 0 bridgehead atoms. The summed E-state index contributed by atoms with van der Waals surface area (Å²) in [4.78, 5) is 4.03. The van der Waals surface area contributed by atoms with Crippen LogP contribution >= 0.6 is 0 Å². The van der Waals surface area contributed by atoms with Gasteiger partial charge < -0.3 is 10.1 Å². The Morgan fingerprint density at radius 3 is 2.47 bits per heavy atom. The third kappa shape index (κ3) is 4.54. The highest BCUT2D eigenvalue weighted by Gasteiger charge is 2.23. The molecule has 1 N–H and O–H groups in total. The Hall–Kier alpha value is -3.54. The van der Waals surface area contributed by atoms with Crippen molar-refractivity contribution in [2.75, 3.05) is 5.32 Å². The van der Waals surface area contributed by atoms with E-state index in [4.69, 9.17) is 4.74 Å². The van der Waals surface area contributed by atoms with Gasteiger partial charge in [-0.15, -0.1) is 0 Å². The van der Waals surface area contributed by atoms with Crippen molar-refractivity contribution in [1.29, 1.82) is 0 Å². The number of aliphatic imine (C=N–C) groups is 1. The Balaban J connectivity index is 1.54. The summed E-state index contributed by atoms with van der Waals surface area (Å²) < 4.78 is 48.6. The van der Waals surface area contributed by atoms with E-state index in [9.17, 15) is 8.78 Å². The van der Waals surface area contributed by atoms with Gasteiger partial charge >= 0.3 is 0 Å². The summed E-state index contributed by atoms with van der Waals surface area (Å²) in [7, 11) is 0. The maximum Gasteiger partial charge on any atom is 0.224 e. The van der Waals surface area contributed by atoms with Crippen LogP contribution in [0.5, 0.6) is 5.75 Å². The van der Waals surface area contributed by atoms with Crippen LogP contribution in [0.4, 0.5) is 18.9 Å². The quantitative estimate of drug-likeness (QED) is 0.450. The van der Waals surface area contributed by atoms with Gasteiger partial charge in [-0.2, -0.15) is 0 Å². The molecule has 0 amide bonds. The second kappa shape index (κ2) is 8.91. The molecule has 164 valence electrons. The van der Waals surface area contributed by atoms with E-state index in [0.717, 1.165) is 33.9 Å². The fourth-order valence-corrected chi connectivity index (χ4v) is 3.54. The van der Waals surface area contributed by atoms with Crippen molar-refractivity contribution in [3.05, 3.63) is 94.9 Å². The van der Waals surface area contributed by atoms with Crippen molar-refractivity contribution in [3.8, 4) is 16.9 Å². The zero-order valence-electron chi connectivity index (χ0n) is 18.0. The lowest BCUT2D eigenvalue weighted by Crippen LogP contribution is -2.21. The SMILES string of the molecule is Cc1cc(CNc2c(F)ccc(OC3=NC=C3C(C)C)c2F)cc(-c2cccc(F)c2)c1. The molecule has 0 fully saturated rings. The lowest BCUT2D eigenvalue weighted by Gasteiger charge is -2.20. The van der Waals surface area contributed by atoms with Gasteiger partial charge in [-0.25, -0.2) is 18.2 Å². The van der Waals surface area contributed by atoms with Crippen LogP contribution in [0.25, 0.3) is 11.1 Å². The minimum atomic E-state index is -0.819. The van der Waals surface area contributed by atoms with Crippen LogP contribution in [0.3, 0.4) is 0 Å². The number of halogens is 3. The van der Waals surface area contributed by atoms with Gasteiger partial charge in [-0.1, -0.05) is 43.7 Å². The summed E-state index contributed by atoms with van der Waals surface area (Å²) >= 11 is 0. The van der Waals surface area contributed by atoms with E-state index in [0.29, 0.717) is 5.90 Å². The predicted molar refractivity (Wildman–Crippen MR) is 121 cm³/mol. The molecule has 4 rings (SSSR count). The molecule has 0 spiro atoms. The summed E-state index contributed by atoms with van der Waals surface area (Å²) in [6.45, 7) is 6.07. The zero-order chi connectivity index (χ0) is 22.8. The second-order valence-corrected chi connectivity index (χ2v) is 8.08. The normalized spacial score (nSPS) is 12.8. The standard InChI is InChI=1S/C26H23F3N2O/c1-15(2)21-14-31-26(21)32-23-8-7-22(28)25(24(23)29)30-13-17-9-16(3)10-19(11-17)18-5-4-6-20(27)12-18/h4-12,14-15,30H,13H2,1-3H3. The van der Waals surface area contributed by atoms with Crippen molar-refractivity contribution < 1.29 is 17.9 Å². The number of hydrogen-bond donors (Lipinski definition) is 1. The van der Waals surface area contributed by atoms with Crippen molar-refractivity contribution in [2.24, 2.45) is 10.9 Å². The Labute approximate surface area is 185 Å². The summed E-state index contributed by atoms with van der Waals surface area (Å²) in [6.07, 6.45) is 1.68. The molecule has 1 aliphatic heterocycles. The summed E-state index contributed by atoms with van der Waals surface area (Å²) in [6, 6.07) is 14.4. The molecule has 0 saturated heterocycles. The van der Waals surface area contributed by atoms with E-state index < -0.39 is 11.6 Å². The van der Waals surface area contributed by atoms with Gasteiger partial charge in [-0.3, -0.25) is 0 Å². The first-order valence-corrected chi connectivity index (χ1v) is 10.4. The van der Waals surface area contributed by atoms with E-state index in [1.54, 1.807) is 12.3 Å². The van der Waals surface area contributed by atoms with E-state index in [1.807, 2.05) is 45.0 Å². The van der Waals surface area contributed by atoms with Gasteiger partial charge in [0.2, 0.25) is 5.90 Å². The lowest BCUT2D eigenvalue weighted by molar-refractivity contribution is 0.476. The van der Waals surface area contributed by atoms with Crippen LogP contribution in [-0.4, -0.2) is 5.90 Å². The molecule has 1 heterocycles. The number of aryl methyl sites for hydroxylation is 1. The molecule has 0 aromatic heterocycles. The van der Waals surface area contributed by atoms with Gasteiger partial charge in [0.25, 0.3) is 0 Å². The van der Waals surface area contributed by atoms with Gasteiger partial charge in [0.15, 0.2) is 11.6 Å². The van der Waals surface area contributed by atoms with Crippen LogP contribution in [0.1, 0.15) is 25.0 Å². The average molecular weight is 436 g/mol. The van der Waals surface area contributed by atoms with Crippen LogP contribution in [0, 0.1) is 30.3 Å². The number of nitrogens with one attached hydrogen (secondary N) is 1. The monoisotopic (exact) mass is 436 g/mol. The summed E-state index contributed by atoms with van der Waals surface area (Å²) in [5.41, 5.74) is 3.94. The van der Waals surface area contributed by atoms with Crippen molar-refractivity contribution in [2.45, 2.75) is 27.3 Å². The fourth-order valence-electron chi connectivity index (χ4n) is 3.54. The van der Waals surface area contributed by atoms with Gasteiger partial charge in [0, 0.05) is 18.3 Å². The molecule has 3 nitrogen and oxygen atoms in total. The van der Waals surface area contributed by atoms with E-state index in [2.05, 4.69) is 10.3 Å². The number of benzene rings is 3. The van der Waals surface area contributed by atoms with Crippen LogP contribution in [0.15, 0.2) is 71.4 Å². The highest BCUT2D eigenvalue weighted by Crippen LogP contribution is 2.31. The number of hydrogen-bond acceptors (Lipinski definition) is 3.